The Bertz CT molecular complexity index is 660. The molecule has 0 unspecified atom stereocenters. The molecule has 3 heteroatoms. The first-order chi connectivity index (χ1) is 13.6. The lowest BCUT2D eigenvalue weighted by Crippen LogP contribution is -2.25. The first-order valence-corrected chi connectivity index (χ1v) is 11.2. The lowest BCUT2D eigenvalue weighted by molar-refractivity contribution is 0.153. The van der Waals surface area contributed by atoms with Gasteiger partial charge in [-0.2, -0.15) is 0 Å². The smallest absolute Gasteiger partial charge is 0.194 e. The Hall–Kier alpha value is -1.43. The van der Waals surface area contributed by atoms with Crippen LogP contribution in [0.1, 0.15) is 89.5 Å². The van der Waals surface area contributed by atoms with Crippen LogP contribution in [0.25, 0.3) is 0 Å². The number of benzene rings is 1. The van der Waals surface area contributed by atoms with Crippen molar-refractivity contribution >= 4 is 0 Å². The third-order valence-electron chi connectivity index (χ3n) is 6.95. The van der Waals surface area contributed by atoms with Crippen LogP contribution >= 0.6 is 0 Å². The second-order valence-electron chi connectivity index (χ2n) is 8.91. The van der Waals surface area contributed by atoms with Crippen molar-refractivity contribution in [2.75, 3.05) is 0 Å². The lowest BCUT2D eigenvalue weighted by atomic mass is 9.69. The van der Waals surface area contributed by atoms with Gasteiger partial charge in [-0.05, 0) is 68.4 Å². The zero-order valence-electron chi connectivity index (χ0n) is 17.1. The van der Waals surface area contributed by atoms with E-state index in [4.69, 9.17) is 0 Å². The summed E-state index contributed by atoms with van der Waals surface area (Å²) in [6, 6.07) is 1.96. The fraction of sp³-hybridized carbons (Fsp3) is 0.680. The molecular formula is C25H33F3. The summed E-state index contributed by atoms with van der Waals surface area (Å²) in [5.74, 6) is 5.22. The fourth-order valence-corrected chi connectivity index (χ4v) is 5.18. The highest BCUT2D eigenvalue weighted by Crippen LogP contribution is 2.42. The van der Waals surface area contributed by atoms with Crippen LogP contribution in [0.3, 0.4) is 0 Å². The van der Waals surface area contributed by atoms with Crippen LogP contribution in [-0.2, 0) is 0 Å². The van der Waals surface area contributed by atoms with Gasteiger partial charge in [0.15, 0.2) is 17.5 Å². The van der Waals surface area contributed by atoms with E-state index in [2.05, 4.69) is 18.8 Å². The molecule has 0 heterocycles. The largest absolute Gasteiger partial charge is 0.204 e. The van der Waals surface area contributed by atoms with Gasteiger partial charge in [0.25, 0.3) is 0 Å². The highest BCUT2D eigenvalue weighted by molar-refractivity contribution is 5.35. The highest BCUT2D eigenvalue weighted by Gasteiger charge is 2.30. The Morgan fingerprint density at radius 3 is 1.96 bits per heavy atom. The molecule has 0 atom stereocenters. The predicted molar refractivity (Wildman–Crippen MR) is 108 cm³/mol. The van der Waals surface area contributed by atoms with E-state index in [1.165, 1.54) is 64.2 Å². The number of unbranched alkanes of at least 4 members (excludes halogenated alkanes) is 2. The second-order valence-corrected chi connectivity index (χ2v) is 8.91. The van der Waals surface area contributed by atoms with E-state index in [0.29, 0.717) is 0 Å². The summed E-state index contributed by atoms with van der Waals surface area (Å²) in [6.07, 6.45) is 15.7. The molecule has 1 aromatic rings. The van der Waals surface area contributed by atoms with Gasteiger partial charge in [-0.15, -0.1) is 0 Å². The van der Waals surface area contributed by atoms with E-state index >= 15 is 0 Å². The fourth-order valence-electron chi connectivity index (χ4n) is 5.18. The molecule has 0 bridgehead atoms. The normalized spacial score (nSPS) is 27.9. The molecular weight excluding hydrogens is 357 g/mol. The van der Waals surface area contributed by atoms with Crippen molar-refractivity contribution in [2.24, 2.45) is 23.7 Å². The van der Waals surface area contributed by atoms with Gasteiger partial charge >= 0.3 is 0 Å². The van der Waals surface area contributed by atoms with Gasteiger partial charge in [-0.25, -0.2) is 13.2 Å². The Morgan fingerprint density at radius 2 is 1.39 bits per heavy atom. The summed E-state index contributed by atoms with van der Waals surface area (Å²) in [5.41, 5.74) is 0.222. The van der Waals surface area contributed by atoms with Crippen LogP contribution in [0.15, 0.2) is 12.1 Å². The Labute approximate surface area is 168 Å². The van der Waals surface area contributed by atoms with Crippen molar-refractivity contribution in [1.82, 2.24) is 0 Å². The average Bonchev–Trinajstić information content (AvgIpc) is 2.71. The van der Waals surface area contributed by atoms with Crippen molar-refractivity contribution in [3.63, 3.8) is 0 Å². The monoisotopic (exact) mass is 390 g/mol. The molecule has 0 nitrogen and oxygen atoms in total. The first kappa shape index (κ1) is 21.3. The van der Waals surface area contributed by atoms with E-state index in [1.54, 1.807) is 0 Å². The standard InChI is InChI=1S/C25H33F3/c1-2-3-4-5-18-8-12-21(13-9-18)22-14-10-19(11-15-22)6-7-20-16-23(26)25(28)24(27)17-20/h16-19,21-22H,2-5,8-15H2,1H3/t18-,19?,21-,22?. The Morgan fingerprint density at radius 1 is 0.821 bits per heavy atom. The summed E-state index contributed by atoms with van der Waals surface area (Å²) >= 11 is 0. The lowest BCUT2D eigenvalue weighted by Gasteiger charge is -2.37. The SMILES string of the molecule is CCCCC[C@H]1CC[C@H](C2CCC(C#Cc3cc(F)c(F)c(F)c3)CC2)CC1. The highest BCUT2D eigenvalue weighted by atomic mass is 19.2. The van der Waals surface area contributed by atoms with Crippen molar-refractivity contribution in [2.45, 2.75) is 84.0 Å². The van der Waals surface area contributed by atoms with Crippen LogP contribution in [0, 0.1) is 53.0 Å². The van der Waals surface area contributed by atoms with Gasteiger partial charge in [0.05, 0.1) is 0 Å². The van der Waals surface area contributed by atoms with Crippen molar-refractivity contribution in [1.29, 1.82) is 0 Å². The average molecular weight is 391 g/mol. The van der Waals surface area contributed by atoms with Crippen LogP contribution in [-0.4, -0.2) is 0 Å². The number of hydrogen-bond donors (Lipinski definition) is 0. The summed E-state index contributed by atoms with van der Waals surface area (Å²) in [5, 5.41) is 0. The molecule has 0 aromatic heterocycles. The Balaban J connectivity index is 1.43. The quantitative estimate of drug-likeness (QED) is 0.275. The zero-order valence-corrected chi connectivity index (χ0v) is 17.1. The van der Waals surface area contributed by atoms with Crippen LogP contribution in [0.4, 0.5) is 13.2 Å². The molecule has 0 amide bonds. The molecule has 2 fully saturated rings. The van der Waals surface area contributed by atoms with Crippen LogP contribution in [0.2, 0.25) is 0 Å². The number of halogens is 3. The summed E-state index contributed by atoms with van der Waals surface area (Å²) in [7, 11) is 0. The van der Waals surface area contributed by atoms with Gasteiger partial charge in [0.2, 0.25) is 0 Å². The molecule has 0 spiro atoms. The summed E-state index contributed by atoms with van der Waals surface area (Å²) < 4.78 is 39.6. The summed E-state index contributed by atoms with van der Waals surface area (Å²) in [4.78, 5) is 0. The summed E-state index contributed by atoms with van der Waals surface area (Å²) in [6.45, 7) is 2.27. The maximum Gasteiger partial charge on any atom is 0.194 e. The van der Waals surface area contributed by atoms with E-state index in [-0.39, 0.29) is 11.5 Å². The van der Waals surface area contributed by atoms with Gasteiger partial charge in [0, 0.05) is 11.5 Å². The van der Waals surface area contributed by atoms with Gasteiger partial charge in [-0.1, -0.05) is 57.3 Å². The third kappa shape index (κ3) is 5.79. The second kappa shape index (κ2) is 10.4. The van der Waals surface area contributed by atoms with Crippen LogP contribution in [0.5, 0.6) is 0 Å². The molecule has 3 rings (SSSR count). The molecule has 2 aliphatic carbocycles. The number of hydrogen-bond acceptors (Lipinski definition) is 0. The minimum atomic E-state index is -1.42. The van der Waals surface area contributed by atoms with E-state index in [0.717, 1.165) is 42.7 Å². The Kier molecular flexibility index (Phi) is 7.89. The van der Waals surface area contributed by atoms with E-state index in [9.17, 15) is 13.2 Å². The molecule has 0 aliphatic heterocycles. The zero-order chi connectivity index (χ0) is 19.9. The van der Waals surface area contributed by atoms with Gasteiger partial charge in [0.1, 0.15) is 0 Å². The van der Waals surface area contributed by atoms with Crippen molar-refractivity contribution < 1.29 is 13.2 Å². The molecule has 0 radical (unpaired) electrons. The number of rotatable bonds is 5. The maximum absolute atomic E-state index is 13.3. The van der Waals surface area contributed by atoms with E-state index in [1.807, 2.05) is 0 Å². The van der Waals surface area contributed by atoms with E-state index < -0.39 is 17.5 Å². The molecule has 154 valence electrons. The molecule has 2 saturated carbocycles. The molecule has 0 saturated heterocycles. The maximum atomic E-state index is 13.3. The molecule has 0 N–H and O–H groups in total. The van der Waals surface area contributed by atoms with Gasteiger partial charge < -0.3 is 0 Å². The third-order valence-corrected chi connectivity index (χ3v) is 6.95. The molecule has 28 heavy (non-hydrogen) atoms. The first-order valence-electron chi connectivity index (χ1n) is 11.2. The topological polar surface area (TPSA) is 0 Å². The van der Waals surface area contributed by atoms with Crippen LogP contribution < -0.4 is 0 Å². The minimum Gasteiger partial charge on any atom is -0.204 e. The minimum absolute atomic E-state index is 0.222. The van der Waals surface area contributed by atoms with Crippen molar-refractivity contribution in [3.05, 3.63) is 35.1 Å². The van der Waals surface area contributed by atoms with Gasteiger partial charge in [-0.3, -0.25) is 0 Å². The molecule has 1 aromatic carbocycles. The molecule has 2 aliphatic rings. The predicted octanol–water partition coefficient (Wildman–Crippen LogP) is 7.65. The van der Waals surface area contributed by atoms with Crippen molar-refractivity contribution in [3.8, 4) is 11.8 Å².